The third-order valence-corrected chi connectivity index (χ3v) is 6.08. The maximum atomic E-state index is 14.6. The number of H-pyrrole nitrogens is 1. The average molecular weight is 504 g/mol. The number of nitrogens with zero attached hydrogens (tertiary/aromatic N) is 4. The SMILES string of the molecule is CCOCCOCCOCC(=O)N1CCC[C@H](Cc2nc(-c3c[nH]c4ncc(F)cc34)ncc2F)C1. The third-order valence-electron chi connectivity index (χ3n) is 6.08. The van der Waals surface area contributed by atoms with Gasteiger partial charge >= 0.3 is 0 Å². The van der Waals surface area contributed by atoms with E-state index in [1.54, 1.807) is 11.1 Å². The number of fused-ring (bicyclic) bond motifs is 1. The number of likely N-dealkylation sites (tertiary alicyclic amines) is 1. The molecular weight excluding hydrogens is 472 g/mol. The summed E-state index contributed by atoms with van der Waals surface area (Å²) in [7, 11) is 0. The van der Waals surface area contributed by atoms with Gasteiger partial charge in [0.2, 0.25) is 5.91 Å². The Kier molecular flexibility index (Phi) is 9.26. The van der Waals surface area contributed by atoms with Crippen molar-refractivity contribution in [3.8, 4) is 11.4 Å². The summed E-state index contributed by atoms with van der Waals surface area (Å²) >= 11 is 0. The van der Waals surface area contributed by atoms with E-state index < -0.39 is 11.6 Å². The van der Waals surface area contributed by atoms with Crippen LogP contribution in [0.25, 0.3) is 22.4 Å². The molecule has 1 aliphatic heterocycles. The first-order chi connectivity index (χ1) is 17.5. The normalized spacial score (nSPS) is 16.1. The van der Waals surface area contributed by atoms with Crippen molar-refractivity contribution in [2.75, 3.05) is 52.7 Å². The maximum Gasteiger partial charge on any atom is 0.248 e. The molecule has 1 amide bonds. The fraction of sp³-hybridized carbons (Fsp3) is 0.520. The molecule has 1 N–H and O–H groups in total. The fourth-order valence-corrected chi connectivity index (χ4v) is 4.30. The summed E-state index contributed by atoms with van der Waals surface area (Å²) in [6.45, 7) is 5.48. The second-order valence-electron chi connectivity index (χ2n) is 8.65. The van der Waals surface area contributed by atoms with Crippen molar-refractivity contribution in [3.63, 3.8) is 0 Å². The van der Waals surface area contributed by atoms with Crippen molar-refractivity contribution in [2.24, 2.45) is 5.92 Å². The molecule has 11 heteroatoms. The molecule has 194 valence electrons. The Morgan fingerprint density at radius 3 is 2.78 bits per heavy atom. The van der Waals surface area contributed by atoms with Crippen LogP contribution in [0.2, 0.25) is 0 Å². The molecule has 0 saturated carbocycles. The Labute approximate surface area is 208 Å². The predicted octanol–water partition coefficient (Wildman–Crippen LogP) is 3.15. The standard InChI is InChI=1S/C25H31F2N5O4/c1-2-34-6-7-35-8-9-36-16-23(33)32-5-3-4-17(15-32)10-22-21(27)14-30-25(31-22)20-13-29-24-19(20)11-18(26)12-28-24/h11-14,17H,2-10,15-16H2,1H3,(H,28,29)/t17-/m1/s1. The van der Waals surface area contributed by atoms with Gasteiger partial charge in [0.1, 0.15) is 18.1 Å². The van der Waals surface area contributed by atoms with Gasteiger partial charge < -0.3 is 24.1 Å². The number of carbonyl (C=O) groups is 1. The van der Waals surface area contributed by atoms with Crippen LogP contribution in [0, 0.1) is 17.6 Å². The molecule has 0 bridgehead atoms. The van der Waals surface area contributed by atoms with E-state index in [2.05, 4.69) is 19.9 Å². The van der Waals surface area contributed by atoms with E-state index in [4.69, 9.17) is 14.2 Å². The summed E-state index contributed by atoms with van der Waals surface area (Å²) in [6.07, 6.45) is 5.95. The first-order valence-electron chi connectivity index (χ1n) is 12.2. The number of ether oxygens (including phenoxy) is 3. The molecule has 3 aromatic rings. The molecule has 0 aliphatic carbocycles. The highest BCUT2D eigenvalue weighted by atomic mass is 19.1. The number of hydrogen-bond acceptors (Lipinski definition) is 7. The summed E-state index contributed by atoms with van der Waals surface area (Å²) in [6, 6.07) is 1.35. The predicted molar refractivity (Wildman–Crippen MR) is 128 cm³/mol. The van der Waals surface area contributed by atoms with Gasteiger partial charge in [0.15, 0.2) is 11.6 Å². The molecule has 9 nitrogen and oxygen atoms in total. The Morgan fingerprint density at radius 2 is 1.94 bits per heavy atom. The van der Waals surface area contributed by atoms with Crippen LogP contribution in [-0.2, 0) is 25.4 Å². The van der Waals surface area contributed by atoms with Crippen molar-refractivity contribution in [3.05, 3.63) is 42.0 Å². The minimum absolute atomic E-state index is 0.0152. The topological polar surface area (TPSA) is 102 Å². The van der Waals surface area contributed by atoms with E-state index >= 15 is 0 Å². The van der Waals surface area contributed by atoms with E-state index in [9.17, 15) is 13.6 Å². The van der Waals surface area contributed by atoms with Crippen LogP contribution >= 0.6 is 0 Å². The zero-order chi connectivity index (χ0) is 25.3. The number of piperidine rings is 1. The van der Waals surface area contributed by atoms with Crippen LogP contribution in [0.5, 0.6) is 0 Å². The van der Waals surface area contributed by atoms with Crippen LogP contribution in [0.15, 0.2) is 24.7 Å². The number of pyridine rings is 1. The summed E-state index contributed by atoms with van der Waals surface area (Å²) in [5.74, 6) is -0.712. The van der Waals surface area contributed by atoms with Crippen molar-refractivity contribution in [1.29, 1.82) is 0 Å². The van der Waals surface area contributed by atoms with Gasteiger partial charge in [-0.2, -0.15) is 0 Å². The lowest BCUT2D eigenvalue weighted by molar-refractivity contribution is -0.138. The zero-order valence-corrected chi connectivity index (χ0v) is 20.3. The van der Waals surface area contributed by atoms with E-state index in [-0.39, 0.29) is 24.1 Å². The van der Waals surface area contributed by atoms with Crippen molar-refractivity contribution in [2.45, 2.75) is 26.2 Å². The first kappa shape index (κ1) is 26.1. The van der Waals surface area contributed by atoms with Gasteiger partial charge in [0.05, 0.1) is 44.5 Å². The number of hydrogen-bond donors (Lipinski definition) is 1. The molecule has 1 atom stereocenters. The molecular formula is C25H31F2N5O4. The molecule has 0 aromatic carbocycles. The van der Waals surface area contributed by atoms with Gasteiger partial charge in [-0.25, -0.2) is 23.7 Å². The monoisotopic (exact) mass is 503 g/mol. The van der Waals surface area contributed by atoms with Gasteiger partial charge in [-0.05, 0) is 38.2 Å². The highest BCUT2D eigenvalue weighted by Gasteiger charge is 2.25. The molecule has 0 spiro atoms. The van der Waals surface area contributed by atoms with Gasteiger partial charge in [0, 0.05) is 36.8 Å². The Morgan fingerprint density at radius 1 is 1.14 bits per heavy atom. The highest BCUT2D eigenvalue weighted by molar-refractivity contribution is 5.91. The second kappa shape index (κ2) is 12.8. The molecule has 1 fully saturated rings. The second-order valence-corrected chi connectivity index (χ2v) is 8.65. The number of halogens is 2. The first-order valence-corrected chi connectivity index (χ1v) is 12.2. The summed E-state index contributed by atoms with van der Waals surface area (Å²) in [5.41, 5.74) is 1.33. The minimum Gasteiger partial charge on any atom is -0.379 e. The molecule has 1 saturated heterocycles. The Bertz CT molecular complexity index is 1160. The maximum absolute atomic E-state index is 14.6. The van der Waals surface area contributed by atoms with Crippen molar-refractivity contribution < 1.29 is 27.8 Å². The van der Waals surface area contributed by atoms with Gasteiger partial charge in [0.25, 0.3) is 0 Å². The van der Waals surface area contributed by atoms with E-state index in [0.717, 1.165) is 25.2 Å². The molecule has 1 aliphatic rings. The fourth-order valence-electron chi connectivity index (χ4n) is 4.30. The zero-order valence-electron chi connectivity index (χ0n) is 20.3. The Hall–Kier alpha value is -3.02. The highest BCUT2D eigenvalue weighted by Crippen LogP contribution is 2.27. The molecule has 3 aromatic heterocycles. The van der Waals surface area contributed by atoms with E-state index in [1.165, 1.54) is 6.07 Å². The summed E-state index contributed by atoms with van der Waals surface area (Å²) in [5, 5.41) is 0.529. The van der Waals surface area contributed by atoms with Crippen LogP contribution < -0.4 is 0 Å². The largest absolute Gasteiger partial charge is 0.379 e. The number of aromatic amines is 1. The lowest BCUT2D eigenvalue weighted by Crippen LogP contribution is -2.42. The van der Waals surface area contributed by atoms with Crippen LogP contribution in [0.1, 0.15) is 25.5 Å². The van der Waals surface area contributed by atoms with Gasteiger partial charge in [-0.3, -0.25) is 4.79 Å². The number of aromatic nitrogens is 4. The molecule has 36 heavy (non-hydrogen) atoms. The quantitative estimate of drug-likeness (QED) is 0.379. The molecule has 0 unspecified atom stereocenters. The van der Waals surface area contributed by atoms with Gasteiger partial charge in [-0.15, -0.1) is 0 Å². The number of rotatable bonds is 12. The van der Waals surface area contributed by atoms with Crippen LogP contribution in [0.4, 0.5) is 8.78 Å². The number of carbonyl (C=O) groups excluding carboxylic acids is 1. The smallest absolute Gasteiger partial charge is 0.248 e. The number of nitrogens with one attached hydrogen (secondary N) is 1. The number of amides is 1. The van der Waals surface area contributed by atoms with E-state index in [1.807, 2.05) is 6.92 Å². The van der Waals surface area contributed by atoms with Crippen LogP contribution in [0.3, 0.4) is 0 Å². The molecule has 4 heterocycles. The average Bonchev–Trinajstić information content (AvgIpc) is 3.30. The summed E-state index contributed by atoms with van der Waals surface area (Å²) < 4.78 is 44.3. The summed E-state index contributed by atoms with van der Waals surface area (Å²) in [4.78, 5) is 29.9. The lowest BCUT2D eigenvalue weighted by Gasteiger charge is -2.32. The Balaban J connectivity index is 1.31. The van der Waals surface area contributed by atoms with Crippen LogP contribution in [-0.4, -0.2) is 83.5 Å². The van der Waals surface area contributed by atoms with Crippen molar-refractivity contribution in [1.82, 2.24) is 24.8 Å². The van der Waals surface area contributed by atoms with E-state index in [0.29, 0.717) is 75.0 Å². The van der Waals surface area contributed by atoms with Crippen molar-refractivity contribution >= 4 is 16.9 Å². The lowest BCUT2D eigenvalue weighted by atomic mass is 9.93. The molecule has 0 radical (unpaired) electrons. The van der Waals surface area contributed by atoms with Gasteiger partial charge in [-0.1, -0.05) is 0 Å². The molecule has 4 rings (SSSR count). The minimum atomic E-state index is -0.501. The third kappa shape index (κ3) is 6.80.